The summed E-state index contributed by atoms with van der Waals surface area (Å²) in [5, 5.41) is 2.37. The quantitative estimate of drug-likeness (QED) is 0.670. The van der Waals surface area contributed by atoms with E-state index in [0.717, 1.165) is 5.56 Å². The van der Waals surface area contributed by atoms with Crippen molar-refractivity contribution >= 4 is 18.6 Å². The van der Waals surface area contributed by atoms with Gasteiger partial charge in [0.1, 0.15) is 0 Å². The summed E-state index contributed by atoms with van der Waals surface area (Å²) >= 11 is 0. The highest BCUT2D eigenvalue weighted by Crippen LogP contribution is 2.49. The van der Waals surface area contributed by atoms with Crippen LogP contribution in [-0.2, 0) is 24.6 Å². The van der Waals surface area contributed by atoms with Crippen LogP contribution in [0.3, 0.4) is 0 Å². The van der Waals surface area contributed by atoms with Crippen molar-refractivity contribution in [1.82, 2.24) is 0 Å². The monoisotopic (exact) mass is 308 g/mol. The zero-order chi connectivity index (χ0) is 15.1. The summed E-state index contributed by atoms with van der Waals surface area (Å²) in [4.78, 5) is 0. The maximum atomic E-state index is 12.2. The molecular weight excluding hydrogens is 287 g/mol. The van der Waals surface area contributed by atoms with Crippen LogP contribution < -0.4 is 0 Å². The Balaban J connectivity index is 2.03. The van der Waals surface area contributed by atoms with Crippen molar-refractivity contribution in [3.05, 3.63) is 48.0 Å². The SMILES string of the molecule is CCOP(=O)(OCC)OCCc1cccc2ccccc12. The van der Waals surface area contributed by atoms with Gasteiger partial charge in [-0.2, -0.15) is 0 Å². The van der Waals surface area contributed by atoms with E-state index in [2.05, 4.69) is 24.3 Å². The van der Waals surface area contributed by atoms with Crippen molar-refractivity contribution in [2.24, 2.45) is 0 Å². The van der Waals surface area contributed by atoms with Crippen molar-refractivity contribution in [2.75, 3.05) is 19.8 Å². The molecule has 0 spiro atoms. The molecule has 0 aliphatic heterocycles. The minimum absolute atomic E-state index is 0.297. The number of rotatable bonds is 8. The summed E-state index contributed by atoms with van der Waals surface area (Å²) in [5.74, 6) is 0. The van der Waals surface area contributed by atoms with Crippen LogP contribution in [0.25, 0.3) is 10.8 Å². The second-order valence-electron chi connectivity index (χ2n) is 4.50. The number of benzene rings is 2. The van der Waals surface area contributed by atoms with Gasteiger partial charge in [-0.15, -0.1) is 0 Å². The Morgan fingerprint density at radius 1 is 0.905 bits per heavy atom. The van der Waals surface area contributed by atoms with Crippen LogP contribution in [0.4, 0.5) is 0 Å². The fraction of sp³-hybridized carbons (Fsp3) is 0.375. The lowest BCUT2D eigenvalue weighted by atomic mass is 10.0. The van der Waals surface area contributed by atoms with E-state index in [4.69, 9.17) is 13.6 Å². The molecule has 0 aliphatic carbocycles. The lowest BCUT2D eigenvalue weighted by Crippen LogP contribution is -2.03. The average molecular weight is 308 g/mol. The maximum Gasteiger partial charge on any atom is 0.474 e. The Hall–Kier alpha value is -1.19. The number of phosphoric acid groups is 1. The van der Waals surface area contributed by atoms with Crippen LogP contribution in [-0.4, -0.2) is 19.8 Å². The second kappa shape index (κ2) is 7.71. The van der Waals surface area contributed by atoms with Crippen molar-refractivity contribution in [3.8, 4) is 0 Å². The third kappa shape index (κ3) is 4.39. The van der Waals surface area contributed by atoms with Gasteiger partial charge in [0.2, 0.25) is 0 Å². The first-order valence-electron chi connectivity index (χ1n) is 7.19. The Labute approximate surface area is 125 Å². The molecule has 0 radical (unpaired) electrons. The van der Waals surface area contributed by atoms with E-state index in [0.29, 0.717) is 26.2 Å². The molecule has 0 bridgehead atoms. The fourth-order valence-corrected chi connectivity index (χ4v) is 3.38. The Morgan fingerprint density at radius 2 is 1.57 bits per heavy atom. The first-order chi connectivity index (χ1) is 10.2. The minimum atomic E-state index is -3.42. The van der Waals surface area contributed by atoms with Crippen molar-refractivity contribution in [1.29, 1.82) is 0 Å². The van der Waals surface area contributed by atoms with E-state index in [1.807, 2.05) is 18.2 Å². The number of hydrogen-bond acceptors (Lipinski definition) is 4. The summed E-state index contributed by atoms with van der Waals surface area (Å²) < 4.78 is 27.8. The molecule has 0 heterocycles. The molecule has 0 aromatic heterocycles. The van der Waals surface area contributed by atoms with Gasteiger partial charge in [-0.05, 0) is 36.6 Å². The van der Waals surface area contributed by atoms with Gasteiger partial charge in [-0.3, -0.25) is 13.6 Å². The minimum Gasteiger partial charge on any atom is -0.287 e. The van der Waals surface area contributed by atoms with Gasteiger partial charge < -0.3 is 0 Å². The third-order valence-electron chi connectivity index (χ3n) is 3.08. The van der Waals surface area contributed by atoms with Gasteiger partial charge in [-0.25, -0.2) is 4.57 Å². The summed E-state index contributed by atoms with van der Waals surface area (Å²) in [6.07, 6.45) is 0.658. The highest BCUT2D eigenvalue weighted by molar-refractivity contribution is 7.48. The number of phosphoric ester groups is 1. The molecule has 0 saturated carbocycles. The van der Waals surface area contributed by atoms with Gasteiger partial charge in [0.15, 0.2) is 0 Å². The van der Waals surface area contributed by atoms with Crippen molar-refractivity contribution in [2.45, 2.75) is 20.3 Å². The second-order valence-corrected chi connectivity index (χ2v) is 6.17. The van der Waals surface area contributed by atoms with Crippen LogP contribution in [0.2, 0.25) is 0 Å². The molecule has 0 N–H and O–H groups in total. The van der Waals surface area contributed by atoms with E-state index < -0.39 is 7.82 Å². The number of hydrogen-bond donors (Lipinski definition) is 0. The molecule has 0 aliphatic rings. The Bertz CT molecular complexity index is 611. The zero-order valence-corrected chi connectivity index (χ0v) is 13.3. The lowest BCUT2D eigenvalue weighted by Gasteiger charge is -2.16. The van der Waals surface area contributed by atoms with Crippen molar-refractivity contribution in [3.63, 3.8) is 0 Å². The van der Waals surface area contributed by atoms with E-state index >= 15 is 0 Å². The molecule has 21 heavy (non-hydrogen) atoms. The topological polar surface area (TPSA) is 44.8 Å². The van der Waals surface area contributed by atoms with E-state index in [1.54, 1.807) is 13.8 Å². The Morgan fingerprint density at radius 3 is 2.29 bits per heavy atom. The summed E-state index contributed by atoms with van der Waals surface area (Å²) in [6.45, 7) is 4.42. The highest BCUT2D eigenvalue weighted by atomic mass is 31.2. The van der Waals surface area contributed by atoms with Gasteiger partial charge in [0.05, 0.1) is 19.8 Å². The lowest BCUT2D eigenvalue weighted by molar-refractivity contribution is 0.123. The van der Waals surface area contributed by atoms with Gasteiger partial charge in [0, 0.05) is 0 Å². The van der Waals surface area contributed by atoms with E-state index in [-0.39, 0.29) is 0 Å². The van der Waals surface area contributed by atoms with Crippen LogP contribution >= 0.6 is 7.82 Å². The number of fused-ring (bicyclic) bond motifs is 1. The predicted molar refractivity (Wildman–Crippen MR) is 84.5 cm³/mol. The molecule has 0 fully saturated rings. The summed E-state index contributed by atoms with van der Waals surface area (Å²) in [6, 6.07) is 14.3. The normalized spacial score (nSPS) is 11.9. The fourth-order valence-electron chi connectivity index (χ4n) is 2.21. The molecule has 0 saturated heterocycles. The average Bonchev–Trinajstić information content (AvgIpc) is 2.48. The molecule has 0 amide bonds. The van der Waals surface area contributed by atoms with E-state index in [9.17, 15) is 4.57 Å². The van der Waals surface area contributed by atoms with Crippen LogP contribution in [0.1, 0.15) is 19.4 Å². The van der Waals surface area contributed by atoms with Crippen molar-refractivity contribution < 1.29 is 18.1 Å². The molecule has 2 rings (SSSR count). The molecule has 2 aromatic carbocycles. The molecule has 4 nitrogen and oxygen atoms in total. The van der Waals surface area contributed by atoms with Gasteiger partial charge in [0.25, 0.3) is 0 Å². The standard InChI is InChI=1S/C16H21O4P/c1-3-18-21(17,19-4-2)20-13-12-15-10-7-9-14-8-5-6-11-16(14)15/h5-11H,3-4,12-13H2,1-2H3. The molecule has 0 atom stereocenters. The smallest absolute Gasteiger partial charge is 0.287 e. The summed E-state index contributed by atoms with van der Waals surface area (Å²) in [7, 11) is -3.42. The van der Waals surface area contributed by atoms with Crippen LogP contribution in [0, 0.1) is 0 Å². The largest absolute Gasteiger partial charge is 0.474 e. The molecule has 0 unspecified atom stereocenters. The maximum absolute atomic E-state index is 12.2. The van der Waals surface area contributed by atoms with Crippen LogP contribution in [0.15, 0.2) is 42.5 Å². The molecule has 5 heteroatoms. The van der Waals surface area contributed by atoms with E-state index in [1.165, 1.54) is 10.8 Å². The predicted octanol–water partition coefficient (Wildman–Crippen LogP) is 4.58. The Kier molecular flexibility index (Phi) is 5.95. The third-order valence-corrected chi connectivity index (χ3v) is 4.72. The van der Waals surface area contributed by atoms with Gasteiger partial charge >= 0.3 is 7.82 Å². The molecule has 2 aromatic rings. The summed E-state index contributed by atoms with van der Waals surface area (Å²) in [5.41, 5.74) is 1.16. The highest BCUT2D eigenvalue weighted by Gasteiger charge is 2.24. The first kappa shape index (κ1) is 16.2. The van der Waals surface area contributed by atoms with Gasteiger partial charge in [-0.1, -0.05) is 42.5 Å². The van der Waals surface area contributed by atoms with Crippen LogP contribution in [0.5, 0.6) is 0 Å². The zero-order valence-electron chi connectivity index (χ0n) is 12.5. The molecular formula is C16H21O4P. The first-order valence-corrected chi connectivity index (χ1v) is 8.65. The molecule has 114 valence electrons.